The van der Waals surface area contributed by atoms with Gasteiger partial charge in [-0.25, -0.2) is 0 Å². The smallest absolute Gasteiger partial charge is 0.142 e. The monoisotopic (exact) mass is 274 g/mol. The van der Waals surface area contributed by atoms with Crippen molar-refractivity contribution in [2.45, 2.75) is 38.5 Å². The van der Waals surface area contributed by atoms with Gasteiger partial charge < -0.3 is 15.4 Å². The van der Waals surface area contributed by atoms with Crippen LogP contribution < -0.4 is 15.4 Å². The summed E-state index contributed by atoms with van der Waals surface area (Å²) in [6.45, 7) is 3.80. The summed E-state index contributed by atoms with van der Waals surface area (Å²) in [5.74, 6) is 1.04. The Morgan fingerprint density at radius 3 is 2.70 bits per heavy atom. The van der Waals surface area contributed by atoms with Crippen molar-refractivity contribution in [2.24, 2.45) is 11.1 Å². The minimum absolute atomic E-state index is 0.315. The number of hydrogen-bond acceptors (Lipinski definition) is 3. The first-order valence-electron chi connectivity index (χ1n) is 8.00. The molecule has 0 atom stereocenters. The predicted octanol–water partition coefficient (Wildman–Crippen LogP) is 3.18. The first kappa shape index (κ1) is 13.7. The largest absolute Gasteiger partial charge is 0.491 e. The molecule has 0 spiro atoms. The van der Waals surface area contributed by atoms with Crippen molar-refractivity contribution in [3.05, 3.63) is 24.3 Å². The van der Waals surface area contributed by atoms with E-state index in [1.807, 2.05) is 0 Å². The van der Waals surface area contributed by atoms with Crippen LogP contribution in [0.2, 0.25) is 0 Å². The Labute approximate surface area is 122 Å². The normalized spacial score (nSPS) is 21.8. The Bertz CT molecular complexity index is 440. The van der Waals surface area contributed by atoms with Crippen molar-refractivity contribution in [3.63, 3.8) is 0 Å². The topological polar surface area (TPSA) is 38.5 Å². The van der Waals surface area contributed by atoms with Gasteiger partial charge in [-0.05, 0) is 37.9 Å². The molecule has 1 aliphatic carbocycles. The van der Waals surface area contributed by atoms with E-state index < -0.39 is 0 Å². The molecule has 0 bridgehead atoms. The Hall–Kier alpha value is -1.22. The van der Waals surface area contributed by atoms with E-state index in [-0.39, 0.29) is 0 Å². The van der Waals surface area contributed by atoms with E-state index in [2.05, 4.69) is 29.2 Å². The highest BCUT2D eigenvalue weighted by Crippen LogP contribution is 2.39. The van der Waals surface area contributed by atoms with Crippen molar-refractivity contribution in [1.29, 1.82) is 0 Å². The summed E-state index contributed by atoms with van der Waals surface area (Å²) >= 11 is 0. The van der Waals surface area contributed by atoms with Crippen LogP contribution in [-0.4, -0.2) is 26.2 Å². The molecule has 1 aromatic rings. The van der Waals surface area contributed by atoms with Gasteiger partial charge in [0.2, 0.25) is 0 Å². The van der Waals surface area contributed by atoms with Gasteiger partial charge in [0.15, 0.2) is 0 Å². The van der Waals surface area contributed by atoms with Crippen LogP contribution in [0.4, 0.5) is 5.69 Å². The van der Waals surface area contributed by atoms with E-state index in [0.29, 0.717) is 5.41 Å². The molecule has 2 aliphatic rings. The molecular weight excluding hydrogens is 248 g/mol. The van der Waals surface area contributed by atoms with Crippen LogP contribution in [0, 0.1) is 5.41 Å². The average molecular weight is 274 g/mol. The van der Waals surface area contributed by atoms with E-state index in [4.69, 9.17) is 10.5 Å². The number of fused-ring (bicyclic) bond motifs is 1. The van der Waals surface area contributed by atoms with E-state index in [9.17, 15) is 0 Å². The summed E-state index contributed by atoms with van der Waals surface area (Å²) in [6, 6.07) is 8.44. The van der Waals surface area contributed by atoms with E-state index in [1.54, 1.807) is 0 Å². The van der Waals surface area contributed by atoms with Gasteiger partial charge in [0, 0.05) is 18.5 Å². The van der Waals surface area contributed by atoms with Crippen molar-refractivity contribution in [3.8, 4) is 5.75 Å². The molecule has 3 heteroatoms. The van der Waals surface area contributed by atoms with Gasteiger partial charge in [-0.2, -0.15) is 0 Å². The molecule has 3 rings (SSSR count). The highest BCUT2D eigenvalue weighted by Gasteiger charge is 2.33. The van der Waals surface area contributed by atoms with Crippen LogP contribution in [0.25, 0.3) is 0 Å². The van der Waals surface area contributed by atoms with Crippen LogP contribution >= 0.6 is 0 Å². The summed E-state index contributed by atoms with van der Waals surface area (Å²) in [5.41, 5.74) is 7.72. The Balaban J connectivity index is 1.82. The Kier molecular flexibility index (Phi) is 4.16. The maximum Gasteiger partial charge on any atom is 0.142 e. The number of nitrogens with zero attached hydrogens (tertiary/aromatic N) is 1. The van der Waals surface area contributed by atoms with Crippen LogP contribution in [0.1, 0.15) is 38.5 Å². The first-order chi connectivity index (χ1) is 9.83. The van der Waals surface area contributed by atoms with Gasteiger partial charge in [-0.3, -0.25) is 0 Å². The second kappa shape index (κ2) is 6.04. The molecule has 2 N–H and O–H groups in total. The molecule has 1 fully saturated rings. The lowest BCUT2D eigenvalue weighted by Gasteiger charge is -2.41. The van der Waals surface area contributed by atoms with Crippen molar-refractivity contribution >= 4 is 5.69 Å². The van der Waals surface area contributed by atoms with E-state index in [1.165, 1.54) is 37.8 Å². The number of hydrogen-bond donors (Lipinski definition) is 1. The summed E-state index contributed by atoms with van der Waals surface area (Å²) in [7, 11) is 0. The zero-order chi connectivity index (χ0) is 13.8. The highest BCUT2D eigenvalue weighted by molar-refractivity contribution is 5.59. The molecule has 0 radical (unpaired) electrons. The summed E-state index contributed by atoms with van der Waals surface area (Å²) in [5, 5.41) is 0. The number of anilines is 1. The Morgan fingerprint density at radius 1 is 1.10 bits per heavy atom. The lowest BCUT2D eigenvalue weighted by molar-refractivity contribution is 0.203. The van der Waals surface area contributed by atoms with Crippen LogP contribution in [0.15, 0.2) is 24.3 Å². The maximum atomic E-state index is 6.16. The minimum atomic E-state index is 0.315. The van der Waals surface area contributed by atoms with E-state index >= 15 is 0 Å². The van der Waals surface area contributed by atoms with Crippen LogP contribution in [0.3, 0.4) is 0 Å². The second-order valence-corrected chi connectivity index (χ2v) is 6.36. The number of ether oxygens (including phenoxy) is 1. The average Bonchev–Trinajstić information content (AvgIpc) is 2.71. The van der Waals surface area contributed by atoms with Gasteiger partial charge in [0.25, 0.3) is 0 Å². The van der Waals surface area contributed by atoms with Gasteiger partial charge in [-0.1, -0.05) is 31.4 Å². The third-order valence-corrected chi connectivity index (χ3v) is 4.91. The molecule has 1 aliphatic heterocycles. The zero-order valence-electron chi connectivity index (χ0n) is 12.3. The zero-order valence-corrected chi connectivity index (χ0v) is 12.3. The number of rotatable bonds is 3. The quantitative estimate of drug-likeness (QED) is 0.920. The fourth-order valence-corrected chi connectivity index (χ4v) is 3.70. The molecule has 1 heterocycles. The molecule has 110 valence electrons. The minimum Gasteiger partial charge on any atom is -0.491 e. The number of nitrogens with two attached hydrogens (primary N) is 1. The van der Waals surface area contributed by atoms with Crippen LogP contribution in [0.5, 0.6) is 5.75 Å². The summed E-state index contributed by atoms with van der Waals surface area (Å²) in [4.78, 5) is 2.51. The number of benzene rings is 1. The Morgan fingerprint density at radius 2 is 1.90 bits per heavy atom. The standard InChI is InChI=1S/C17H26N2O/c18-13-17(9-4-1-5-10-17)14-19-11-6-12-20-16-8-3-2-7-15(16)19/h2-3,7-8H,1,4-6,9-14,18H2. The third kappa shape index (κ3) is 2.78. The molecule has 1 aromatic carbocycles. The summed E-state index contributed by atoms with van der Waals surface area (Å²) in [6.07, 6.45) is 7.70. The SMILES string of the molecule is NCC1(CN2CCCOc3ccccc32)CCCCC1. The van der Waals surface area contributed by atoms with Crippen LogP contribution in [-0.2, 0) is 0 Å². The molecule has 0 saturated heterocycles. The molecule has 0 aromatic heterocycles. The van der Waals surface area contributed by atoms with Crippen molar-refractivity contribution in [1.82, 2.24) is 0 Å². The fraction of sp³-hybridized carbons (Fsp3) is 0.647. The highest BCUT2D eigenvalue weighted by atomic mass is 16.5. The molecule has 0 unspecified atom stereocenters. The lowest BCUT2D eigenvalue weighted by Crippen LogP contribution is -2.44. The van der Waals surface area contributed by atoms with Crippen molar-refractivity contribution < 1.29 is 4.74 Å². The van der Waals surface area contributed by atoms with Gasteiger partial charge in [0.05, 0.1) is 12.3 Å². The molecule has 3 nitrogen and oxygen atoms in total. The lowest BCUT2D eigenvalue weighted by atomic mass is 9.73. The maximum absolute atomic E-state index is 6.16. The van der Waals surface area contributed by atoms with Gasteiger partial charge in [0.1, 0.15) is 5.75 Å². The predicted molar refractivity (Wildman–Crippen MR) is 83.3 cm³/mol. The third-order valence-electron chi connectivity index (χ3n) is 4.91. The molecular formula is C17H26N2O. The van der Waals surface area contributed by atoms with Crippen molar-refractivity contribution in [2.75, 3.05) is 31.1 Å². The molecule has 20 heavy (non-hydrogen) atoms. The molecule has 1 saturated carbocycles. The summed E-state index contributed by atoms with van der Waals surface area (Å²) < 4.78 is 5.86. The van der Waals surface area contributed by atoms with E-state index in [0.717, 1.165) is 38.4 Å². The first-order valence-corrected chi connectivity index (χ1v) is 8.00. The fourth-order valence-electron chi connectivity index (χ4n) is 3.70. The molecule has 0 amide bonds. The van der Waals surface area contributed by atoms with Gasteiger partial charge in [-0.15, -0.1) is 0 Å². The number of para-hydroxylation sites is 2. The second-order valence-electron chi connectivity index (χ2n) is 6.36. The van der Waals surface area contributed by atoms with Gasteiger partial charge >= 0.3 is 0 Å².